The third-order valence-corrected chi connectivity index (χ3v) is 4.27. The second kappa shape index (κ2) is 7.74. The number of urea groups is 1. The number of nitrogens with one attached hydrogen (secondary N) is 2. The highest BCUT2D eigenvalue weighted by Crippen LogP contribution is 2.23. The number of amides is 3. The van der Waals surface area contributed by atoms with Crippen LogP contribution in [0.15, 0.2) is 35.7 Å². The van der Waals surface area contributed by atoms with Gasteiger partial charge in [0.05, 0.1) is 11.4 Å². The first-order valence-corrected chi connectivity index (χ1v) is 9.00. The molecule has 2 rings (SSSR count). The third kappa shape index (κ3) is 5.63. The molecule has 0 aliphatic heterocycles. The van der Waals surface area contributed by atoms with Gasteiger partial charge in [-0.25, -0.2) is 9.78 Å². The van der Waals surface area contributed by atoms with E-state index >= 15 is 0 Å². The summed E-state index contributed by atoms with van der Waals surface area (Å²) in [5.41, 5.74) is 2.92. The van der Waals surface area contributed by atoms with E-state index in [2.05, 4.69) is 33.8 Å². The van der Waals surface area contributed by atoms with E-state index in [0.29, 0.717) is 5.16 Å². The van der Waals surface area contributed by atoms with Crippen LogP contribution in [0.4, 0.5) is 4.79 Å². The van der Waals surface area contributed by atoms with Crippen LogP contribution in [0.5, 0.6) is 0 Å². The van der Waals surface area contributed by atoms with Gasteiger partial charge in [-0.1, -0.05) is 23.9 Å². The molecule has 2 N–H and O–H groups in total. The summed E-state index contributed by atoms with van der Waals surface area (Å²) in [6.07, 6.45) is 3.57. The molecule has 7 heteroatoms. The zero-order valence-corrected chi connectivity index (χ0v) is 16.0. The number of benzene rings is 1. The zero-order valence-electron chi connectivity index (χ0n) is 15.2. The highest BCUT2D eigenvalue weighted by atomic mass is 32.2. The number of imidazole rings is 1. The van der Waals surface area contributed by atoms with Crippen LogP contribution >= 0.6 is 11.8 Å². The molecule has 0 aliphatic carbocycles. The number of thioether (sulfide) groups is 1. The number of hydrogen-bond donors (Lipinski definition) is 2. The van der Waals surface area contributed by atoms with Crippen molar-refractivity contribution in [1.82, 2.24) is 20.2 Å². The lowest BCUT2D eigenvalue weighted by atomic mass is 10.1. The Kier molecular flexibility index (Phi) is 5.89. The highest BCUT2D eigenvalue weighted by molar-refractivity contribution is 7.99. The molecule has 1 aromatic heterocycles. The minimum atomic E-state index is -0.490. The van der Waals surface area contributed by atoms with Gasteiger partial charge in [0.25, 0.3) is 0 Å². The first-order chi connectivity index (χ1) is 11.7. The molecule has 2 aromatic rings. The molecular weight excluding hydrogens is 336 g/mol. The monoisotopic (exact) mass is 360 g/mol. The Morgan fingerprint density at radius 1 is 1.24 bits per heavy atom. The lowest BCUT2D eigenvalue weighted by molar-refractivity contribution is -0.117. The maximum Gasteiger partial charge on any atom is 0.321 e. The normalized spacial score (nSPS) is 11.2. The average Bonchev–Trinajstić information content (AvgIpc) is 2.93. The first-order valence-electron chi connectivity index (χ1n) is 8.01. The number of aryl methyl sites for hydroxylation is 2. The number of imide groups is 1. The van der Waals surface area contributed by atoms with Gasteiger partial charge >= 0.3 is 6.03 Å². The number of rotatable bonds is 4. The van der Waals surface area contributed by atoms with E-state index in [-0.39, 0.29) is 11.7 Å². The number of aromatic nitrogens is 2. The predicted molar refractivity (Wildman–Crippen MR) is 100 cm³/mol. The van der Waals surface area contributed by atoms with Crippen molar-refractivity contribution in [3.63, 3.8) is 0 Å². The van der Waals surface area contributed by atoms with Crippen LogP contribution in [0.25, 0.3) is 5.69 Å². The van der Waals surface area contributed by atoms with Crippen LogP contribution < -0.4 is 10.6 Å². The predicted octanol–water partition coefficient (Wildman–Crippen LogP) is 3.21. The minimum Gasteiger partial charge on any atom is -0.333 e. The van der Waals surface area contributed by atoms with E-state index < -0.39 is 11.6 Å². The molecule has 0 spiro atoms. The fourth-order valence-electron chi connectivity index (χ4n) is 2.22. The molecule has 0 saturated heterocycles. The quantitative estimate of drug-likeness (QED) is 0.821. The number of hydrogen-bond acceptors (Lipinski definition) is 4. The Hall–Kier alpha value is -2.28. The van der Waals surface area contributed by atoms with Crippen molar-refractivity contribution in [1.29, 1.82) is 0 Å². The Morgan fingerprint density at radius 3 is 2.64 bits per heavy atom. The van der Waals surface area contributed by atoms with Gasteiger partial charge in [-0.05, 0) is 51.8 Å². The van der Waals surface area contributed by atoms with Crippen LogP contribution in [-0.2, 0) is 4.79 Å². The molecule has 0 saturated carbocycles. The molecule has 0 bridgehead atoms. The van der Waals surface area contributed by atoms with Crippen molar-refractivity contribution >= 4 is 23.7 Å². The number of carbonyl (C=O) groups is 2. The van der Waals surface area contributed by atoms with Crippen molar-refractivity contribution in [2.45, 2.75) is 45.3 Å². The standard InChI is InChI=1S/C18H24N4O2S/c1-12-6-7-13(2)14(10-12)22-9-8-19-17(22)25-11-15(23)20-16(24)21-18(3,4)5/h6-10H,11H2,1-5H3,(H2,20,21,23,24). The minimum absolute atomic E-state index is 0.111. The van der Waals surface area contributed by atoms with E-state index in [1.807, 2.05) is 45.4 Å². The number of carbonyl (C=O) groups excluding carboxylic acids is 2. The summed E-state index contributed by atoms with van der Waals surface area (Å²) in [7, 11) is 0. The Morgan fingerprint density at radius 2 is 1.96 bits per heavy atom. The molecule has 0 atom stereocenters. The van der Waals surface area contributed by atoms with Gasteiger partial charge in [-0.3, -0.25) is 14.7 Å². The molecular formula is C18H24N4O2S. The van der Waals surface area contributed by atoms with Crippen molar-refractivity contribution < 1.29 is 9.59 Å². The Balaban J connectivity index is 2.01. The topological polar surface area (TPSA) is 76.0 Å². The molecule has 0 aliphatic rings. The maximum atomic E-state index is 12.0. The van der Waals surface area contributed by atoms with E-state index in [1.54, 1.807) is 6.20 Å². The van der Waals surface area contributed by atoms with E-state index in [0.717, 1.165) is 16.8 Å². The molecule has 1 heterocycles. The molecule has 3 amide bonds. The van der Waals surface area contributed by atoms with Crippen LogP contribution in [-0.4, -0.2) is 32.8 Å². The van der Waals surface area contributed by atoms with Crippen molar-refractivity contribution in [2.24, 2.45) is 0 Å². The molecule has 25 heavy (non-hydrogen) atoms. The Bertz CT molecular complexity index is 778. The fourth-order valence-corrected chi connectivity index (χ4v) is 2.99. The zero-order chi connectivity index (χ0) is 18.6. The van der Waals surface area contributed by atoms with Gasteiger partial charge in [-0.15, -0.1) is 0 Å². The van der Waals surface area contributed by atoms with Gasteiger partial charge in [0.15, 0.2) is 5.16 Å². The van der Waals surface area contributed by atoms with Crippen LogP contribution in [0.3, 0.4) is 0 Å². The van der Waals surface area contributed by atoms with E-state index in [1.165, 1.54) is 11.8 Å². The molecule has 0 unspecified atom stereocenters. The van der Waals surface area contributed by atoms with Gasteiger partial charge in [0, 0.05) is 17.9 Å². The summed E-state index contributed by atoms with van der Waals surface area (Å²) in [6, 6.07) is 5.71. The van der Waals surface area contributed by atoms with Crippen LogP contribution in [0, 0.1) is 13.8 Å². The van der Waals surface area contributed by atoms with Crippen molar-refractivity contribution in [2.75, 3.05) is 5.75 Å². The molecule has 6 nitrogen and oxygen atoms in total. The van der Waals surface area contributed by atoms with Gasteiger partial charge in [0.2, 0.25) is 5.91 Å². The fraction of sp³-hybridized carbons (Fsp3) is 0.389. The van der Waals surface area contributed by atoms with E-state index in [4.69, 9.17) is 0 Å². The summed E-state index contributed by atoms with van der Waals surface area (Å²) in [5.74, 6) is -0.248. The largest absolute Gasteiger partial charge is 0.333 e. The molecule has 1 aromatic carbocycles. The van der Waals surface area contributed by atoms with E-state index in [9.17, 15) is 9.59 Å². The van der Waals surface area contributed by atoms with Gasteiger partial charge in [0.1, 0.15) is 0 Å². The molecule has 0 radical (unpaired) electrons. The summed E-state index contributed by atoms with van der Waals surface area (Å²) in [6.45, 7) is 9.63. The van der Waals surface area contributed by atoms with Gasteiger partial charge in [-0.2, -0.15) is 0 Å². The molecule has 134 valence electrons. The van der Waals surface area contributed by atoms with Crippen LogP contribution in [0.1, 0.15) is 31.9 Å². The van der Waals surface area contributed by atoms with Crippen molar-refractivity contribution in [3.05, 3.63) is 41.7 Å². The average molecular weight is 360 g/mol. The Labute approximate surface area is 152 Å². The summed E-state index contributed by atoms with van der Waals surface area (Å²) in [5, 5.41) is 5.73. The summed E-state index contributed by atoms with van der Waals surface area (Å²) >= 11 is 1.29. The maximum absolute atomic E-state index is 12.0. The van der Waals surface area contributed by atoms with Gasteiger partial charge < -0.3 is 5.32 Å². The SMILES string of the molecule is Cc1ccc(C)c(-n2ccnc2SCC(=O)NC(=O)NC(C)(C)C)c1. The third-order valence-electron chi connectivity index (χ3n) is 3.30. The van der Waals surface area contributed by atoms with Crippen molar-refractivity contribution in [3.8, 4) is 5.69 Å². The lowest BCUT2D eigenvalue weighted by Gasteiger charge is -2.20. The first kappa shape index (κ1) is 19.1. The smallest absolute Gasteiger partial charge is 0.321 e. The second-order valence-electron chi connectivity index (χ2n) is 6.91. The molecule has 0 fully saturated rings. The lowest BCUT2D eigenvalue weighted by Crippen LogP contribution is -2.48. The number of nitrogens with zero attached hydrogens (tertiary/aromatic N) is 2. The second-order valence-corrected chi connectivity index (χ2v) is 7.85. The highest BCUT2D eigenvalue weighted by Gasteiger charge is 2.16. The summed E-state index contributed by atoms with van der Waals surface area (Å²) in [4.78, 5) is 28.0. The van der Waals surface area contributed by atoms with Crippen LogP contribution in [0.2, 0.25) is 0 Å². The summed E-state index contributed by atoms with van der Waals surface area (Å²) < 4.78 is 1.95.